The van der Waals surface area contributed by atoms with E-state index in [-0.39, 0.29) is 11.5 Å². The van der Waals surface area contributed by atoms with Crippen LogP contribution in [0.15, 0.2) is 83.7 Å². The Morgan fingerprint density at radius 3 is 2.39 bits per heavy atom. The third kappa shape index (κ3) is 3.16. The van der Waals surface area contributed by atoms with E-state index in [1.807, 2.05) is 72.8 Å². The van der Waals surface area contributed by atoms with E-state index < -0.39 is 0 Å². The lowest BCUT2D eigenvalue weighted by atomic mass is 10.1. The normalized spacial score (nSPS) is 14.8. The molecule has 0 radical (unpaired) electrons. The molecule has 6 rings (SSSR count). The van der Waals surface area contributed by atoms with Crippen molar-refractivity contribution in [3.05, 3.63) is 110 Å². The van der Waals surface area contributed by atoms with Gasteiger partial charge in [0.15, 0.2) is 5.82 Å². The zero-order valence-electron chi connectivity index (χ0n) is 17.1. The highest BCUT2D eigenvalue weighted by Gasteiger charge is 2.34. The van der Waals surface area contributed by atoms with Gasteiger partial charge in [-0.2, -0.15) is 9.50 Å². The molecule has 0 bridgehead atoms. The summed E-state index contributed by atoms with van der Waals surface area (Å²) >= 11 is 7.53. The average Bonchev–Trinajstić information content (AvgIpc) is 3.47. The summed E-state index contributed by atoms with van der Waals surface area (Å²) in [7, 11) is 0. The fraction of sp³-hybridized carbons (Fsp3) is 0.0400. The van der Waals surface area contributed by atoms with Gasteiger partial charge in [-0.15, -0.1) is 5.10 Å². The number of benzene rings is 3. The van der Waals surface area contributed by atoms with Crippen LogP contribution in [0.5, 0.6) is 0 Å². The monoisotopic (exact) mass is 470 g/mol. The van der Waals surface area contributed by atoms with Crippen molar-refractivity contribution in [2.45, 2.75) is 6.54 Å². The number of amides is 1. The third-order valence-corrected chi connectivity index (χ3v) is 7.02. The first-order chi connectivity index (χ1) is 16.1. The molecule has 0 atom stereocenters. The van der Waals surface area contributed by atoms with Crippen LogP contribution in [0.3, 0.4) is 0 Å². The average molecular weight is 471 g/mol. The molecule has 0 saturated carbocycles. The summed E-state index contributed by atoms with van der Waals surface area (Å²) in [5.74, 6) is 0.245. The van der Waals surface area contributed by atoms with Crippen molar-refractivity contribution in [1.82, 2.24) is 14.6 Å². The number of nitrogens with zero attached hydrogens (tertiary/aromatic N) is 4. The van der Waals surface area contributed by atoms with Crippen molar-refractivity contribution >= 4 is 45.1 Å². The lowest BCUT2D eigenvalue weighted by Crippen LogP contribution is -2.32. The van der Waals surface area contributed by atoms with Crippen LogP contribution in [0.4, 0.5) is 5.69 Å². The number of hydrogen-bond donors (Lipinski definition) is 0. The molecule has 1 amide bonds. The van der Waals surface area contributed by atoms with E-state index in [9.17, 15) is 9.59 Å². The first-order valence-corrected chi connectivity index (χ1v) is 11.5. The van der Waals surface area contributed by atoms with Crippen molar-refractivity contribution in [2.75, 3.05) is 4.90 Å². The van der Waals surface area contributed by atoms with Gasteiger partial charge in [0, 0.05) is 16.1 Å². The summed E-state index contributed by atoms with van der Waals surface area (Å²) in [6, 6.07) is 24.4. The minimum atomic E-state index is -0.345. The standard InChI is InChI=1S/C25H15ClN4O2S/c26-18-12-6-4-10-16(18)14-29-19-13-7-5-11-17(19)20(23(29)31)21-24(32)30-25(33-21)27-22(28-30)15-8-2-1-3-9-15/h1-13H,14H2. The molecule has 3 aromatic carbocycles. The number of hydrogen-bond acceptors (Lipinski definition) is 5. The Morgan fingerprint density at radius 1 is 0.879 bits per heavy atom. The maximum atomic E-state index is 13.6. The van der Waals surface area contributed by atoms with Gasteiger partial charge in [0.1, 0.15) is 4.53 Å². The SMILES string of the molecule is O=C1C(=c2sc3nc(-c4ccccc4)nn3c2=O)c2ccccc2N1Cc1ccccc1Cl. The number of fused-ring (bicyclic) bond motifs is 2. The van der Waals surface area contributed by atoms with E-state index >= 15 is 0 Å². The Labute approximate surface area is 197 Å². The number of para-hydroxylation sites is 1. The lowest BCUT2D eigenvalue weighted by molar-refractivity contribution is -0.113. The second-order valence-corrected chi connectivity index (χ2v) is 8.99. The smallest absolute Gasteiger partial charge is 0.291 e. The minimum Gasteiger partial charge on any atom is -0.303 e. The first-order valence-electron chi connectivity index (χ1n) is 10.3. The summed E-state index contributed by atoms with van der Waals surface area (Å²) in [5, 5.41) is 4.99. The van der Waals surface area contributed by atoms with Crippen molar-refractivity contribution in [2.24, 2.45) is 0 Å². The second kappa shape index (κ2) is 7.65. The molecule has 0 spiro atoms. The zero-order chi connectivity index (χ0) is 22.5. The molecule has 1 aliphatic heterocycles. The van der Waals surface area contributed by atoms with Gasteiger partial charge in [0.2, 0.25) is 4.96 Å². The maximum absolute atomic E-state index is 13.6. The Kier molecular flexibility index (Phi) is 4.60. The van der Waals surface area contributed by atoms with Crippen molar-refractivity contribution in [3.8, 4) is 11.4 Å². The van der Waals surface area contributed by atoms with Crippen molar-refractivity contribution in [3.63, 3.8) is 0 Å². The summed E-state index contributed by atoms with van der Waals surface area (Å²) in [6.45, 7) is 0.312. The van der Waals surface area contributed by atoms with Gasteiger partial charge >= 0.3 is 0 Å². The number of thiazole rings is 1. The van der Waals surface area contributed by atoms with Crippen molar-refractivity contribution < 1.29 is 4.79 Å². The Bertz CT molecular complexity index is 1660. The fourth-order valence-electron chi connectivity index (χ4n) is 4.05. The van der Waals surface area contributed by atoms with Crippen molar-refractivity contribution in [1.29, 1.82) is 0 Å². The van der Waals surface area contributed by atoms with Gasteiger partial charge in [0.05, 0.1) is 17.8 Å². The first kappa shape index (κ1) is 19.8. The van der Waals surface area contributed by atoms with Crippen LogP contribution in [0.1, 0.15) is 11.1 Å². The number of aromatic nitrogens is 3. The second-order valence-electron chi connectivity index (χ2n) is 7.61. The topological polar surface area (TPSA) is 67.6 Å². The summed E-state index contributed by atoms with van der Waals surface area (Å²) in [5.41, 5.74) is 3.17. The highest BCUT2D eigenvalue weighted by Crippen LogP contribution is 2.37. The lowest BCUT2D eigenvalue weighted by Gasteiger charge is -2.17. The summed E-state index contributed by atoms with van der Waals surface area (Å²) in [4.78, 5) is 33.5. The summed E-state index contributed by atoms with van der Waals surface area (Å²) < 4.78 is 1.62. The molecule has 0 aliphatic carbocycles. The van der Waals surface area contributed by atoms with Gasteiger partial charge in [-0.1, -0.05) is 89.7 Å². The molecule has 0 unspecified atom stereocenters. The largest absolute Gasteiger partial charge is 0.303 e. The van der Waals surface area contributed by atoms with E-state index in [0.29, 0.717) is 32.5 Å². The molecular formula is C25H15ClN4O2S. The minimum absolute atomic E-state index is 0.235. The number of anilines is 1. The molecule has 1 aliphatic rings. The molecule has 0 N–H and O–H groups in total. The quantitative estimate of drug-likeness (QED) is 0.400. The predicted octanol–water partition coefficient (Wildman–Crippen LogP) is 3.94. The molecule has 3 heterocycles. The van der Waals surface area contributed by atoms with Crippen LogP contribution in [-0.2, 0) is 11.3 Å². The zero-order valence-corrected chi connectivity index (χ0v) is 18.7. The predicted molar refractivity (Wildman–Crippen MR) is 129 cm³/mol. The number of carbonyl (C=O) groups is 1. The van der Waals surface area contributed by atoms with Gasteiger partial charge < -0.3 is 4.90 Å². The molecular weight excluding hydrogens is 456 g/mol. The fourth-order valence-corrected chi connectivity index (χ4v) is 5.24. The van der Waals surface area contributed by atoms with E-state index in [4.69, 9.17) is 11.6 Å². The van der Waals surface area contributed by atoms with Crippen LogP contribution in [-0.4, -0.2) is 20.5 Å². The highest BCUT2D eigenvalue weighted by atomic mass is 35.5. The molecule has 2 aromatic heterocycles. The highest BCUT2D eigenvalue weighted by molar-refractivity contribution is 7.15. The van der Waals surface area contributed by atoms with E-state index in [1.54, 1.807) is 11.0 Å². The molecule has 0 saturated heterocycles. The van der Waals surface area contributed by atoms with Crippen LogP contribution < -0.4 is 15.0 Å². The van der Waals surface area contributed by atoms with E-state index in [1.165, 1.54) is 15.9 Å². The van der Waals surface area contributed by atoms with Gasteiger partial charge in [-0.25, -0.2) is 0 Å². The van der Waals surface area contributed by atoms with Crippen LogP contribution in [0.25, 0.3) is 21.9 Å². The maximum Gasteiger partial charge on any atom is 0.291 e. The van der Waals surface area contributed by atoms with Gasteiger partial charge in [0.25, 0.3) is 11.5 Å². The third-order valence-electron chi connectivity index (χ3n) is 5.63. The molecule has 6 nitrogen and oxygen atoms in total. The molecule has 5 aromatic rings. The van der Waals surface area contributed by atoms with E-state index in [2.05, 4.69) is 10.1 Å². The Hall–Kier alpha value is -3.81. The number of halogens is 1. The molecule has 160 valence electrons. The van der Waals surface area contributed by atoms with Crippen LogP contribution >= 0.6 is 22.9 Å². The number of carbonyl (C=O) groups excluding carboxylic acids is 1. The van der Waals surface area contributed by atoms with Crippen LogP contribution in [0.2, 0.25) is 5.02 Å². The Balaban J connectivity index is 1.51. The Morgan fingerprint density at radius 2 is 1.61 bits per heavy atom. The molecule has 0 fully saturated rings. The van der Waals surface area contributed by atoms with Gasteiger partial charge in [-0.05, 0) is 17.7 Å². The molecule has 8 heteroatoms. The molecule has 33 heavy (non-hydrogen) atoms. The van der Waals surface area contributed by atoms with Crippen LogP contribution in [0, 0.1) is 0 Å². The number of rotatable bonds is 3. The van der Waals surface area contributed by atoms with E-state index in [0.717, 1.165) is 22.4 Å². The summed E-state index contributed by atoms with van der Waals surface area (Å²) in [6.07, 6.45) is 0. The van der Waals surface area contributed by atoms with Gasteiger partial charge in [-0.3, -0.25) is 9.59 Å².